The molecule has 0 spiro atoms. The Morgan fingerprint density at radius 3 is 2.71 bits per heavy atom. The molecule has 3 rings (SSSR count). The average Bonchev–Trinajstić information content (AvgIpc) is 3.23. The molecule has 1 aliphatic heterocycles. The number of aliphatic hydroxyl groups is 1. The van der Waals surface area contributed by atoms with E-state index in [0.29, 0.717) is 24.6 Å². The van der Waals surface area contributed by atoms with Gasteiger partial charge in [-0.1, -0.05) is 12.1 Å². The number of aromatic nitrogens is 2. The standard InChI is InChI=1S/C23H34N6O2/c1-4-24-22(26-17-23(2,31)20-15-27-28(3)16-20)25-14-18-9-8-10-19(13-18)21(30)29-11-6-5-7-12-29/h8-10,13,15-16,31H,4-7,11-12,14,17H2,1-3H3,(H2,24,25,26). The van der Waals surface area contributed by atoms with Gasteiger partial charge in [-0.25, -0.2) is 4.99 Å². The van der Waals surface area contributed by atoms with E-state index in [9.17, 15) is 9.90 Å². The number of piperidine rings is 1. The lowest BCUT2D eigenvalue weighted by Crippen LogP contribution is -2.44. The monoisotopic (exact) mass is 426 g/mol. The number of benzene rings is 1. The summed E-state index contributed by atoms with van der Waals surface area (Å²) in [5.41, 5.74) is 1.35. The van der Waals surface area contributed by atoms with Crippen LogP contribution in [0.5, 0.6) is 0 Å². The van der Waals surface area contributed by atoms with Gasteiger partial charge in [-0.3, -0.25) is 9.48 Å². The summed E-state index contributed by atoms with van der Waals surface area (Å²) in [5, 5.41) is 21.3. The second kappa shape index (κ2) is 10.4. The molecule has 1 fully saturated rings. The summed E-state index contributed by atoms with van der Waals surface area (Å²) >= 11 is 0. The van der Waals surface area contributed by atoms with Gasteiger partial charge < -0.3 is 20.6 Å². The van der Waals surface area contributed by atoms with Crippen molar-refractivity contribution >= 4 is 11.9 Å². The predicted octanol–water partition coefficient (Wildman–Crippen LogP) is 2.01. The SMILES string of the molecule is CCNC(=NCc1cccc(C(=O)N2CCCCC2)c1)NCC(C)(O)c1cnn(C)c1. The van der Waals surface area contributed by atoms with Crippen molar-refractivity contribution in [3.8, 4) is 0 Å². The first kappa shape index (κ1) is 22.8. The number of hydrogen-bond donors (Lipinski definition) is 3. The number of guanidine groups is 1. The summed E-state index contributed by atoms with van der Waals surface area (Å²) < 4.78 is 1.67. The van der Waals surface area contributed by atoms with Crippen molar-refractivity contribution in [2.24, 2.45) is 12.0 Å². The van der Waals surface area contributed by atoms with Crippen LogP contribution in [0.3, 0.4) is 0 Å². The molecule has 0 bridgehead atoms. The Labute approximate surface area is 184 Å². The Hall–Kier alpha value is -2.87. The lowest BCUT2D eigenvalue weighted by Gasteiger charge is -2.26. The largest absolute Gasteiger partial charge is 0.383 e. The zero-order chi connectivity index (χ0) is 22.3. The van der Waals surface area contributed by atoms with Crippen LogP contribution in [0.1, 0.15) is 54.6 Å². The van der Waals surface area contributed by atoms with Gasteiger partial charge in [-0.15, -0.1) is 0 Å². The van der Waals surface area contributed by atoms with Crippen LogP contribution in [0.2, 0.25) is 0 Å². The van der Waals surface area contributed by atoms with Gasteiger partial charge in [0.2, 0.25) is 0 Å². The summed E-state index contributed by atoms with van der Waals surface area (Å²) in [6.07, 6.45) is 6.83. The minimum Gasteiger partial charge on any atom is -0.383 e. The topological polar surface area (TPSA) is 94.8 Å². The second-order valence-corrected chi connectivity index (χ2v) is 8.28. The van der Waals surface area contributed by atoms with Crippen LogP contribution in [-0.4, -0.2) is 57.8 Å². The molecular weight excluding hydrogens is 392 g/mol. The number of nitrogens with one attached hydrogen (secondary N) is 2. The minimum absolute atomic E-state index is 0.100. The van der Waals surface area contributed by atoms with E-state index >= 15 is 0 Å². The smallest absolute Gasteiger partial charge is 0.253 e. The summed E-state index contributed by atoms with van der Waals surface area (Å²) in [5.74, 6) is 0.711. The summed E-state index contributed by atoms with van der Waals surface area (Å²) in [6, 6.07) is 7.69. The number of rotatable bonds is 7. The van der Waals surface area contributed by atoms with E-state index in [0.717, 1.165) is 37.1 Å². The number of hydrogen-bond acceptors (Lipinski definition) is 4. The maximum absolute atomic E-state index is 12.8. The van der Waals surface area contributed by atoms with Crippen LogP contribution in [-0.2, 0) is 19.2 Å². The molecule has 2 heterocycles. The van der Waals surface area contributed by atoms with Crippen molar-refractivity contribution in [2.75, 3.05) is 26.2 Å². The van der Waals surface area contributed by atoms with Gasteiger partial charge >= 0.3 is 0 Å². The predicted molar refractivity (Wildman–Crippen MR) is 122 cm³/mol. The lowest BCUT2D eigenvalue weighted by molar-refractivity contribution is 0.0616. The highest BCUT2D eigenvalue weighted by molar-refractivity contribution is 5.94. The van der Waals surface area contributed by atoms with Crippen molar-refractivity contribution < 1.29 is 9.90 Å². The van der Waals surface area contributed by atoms with Gasteiger partial charge in [0, 0.05) is 44.0 Å². The van der Waals surface area contributed by atoms with Crippen LogP contribution < -0.4 is 10.6 Å². The van der Waals surface area contributed by atoms with Crippen molar-refractivity contribution in [1.82, 2.24) is 25.3 Å². The summed E-state index contributed by atoms with van der Waals surface area (Å²) in [6.45, 7) is 6.85. The number of aliphatic imine (C=N–C) groups is 1. The Balaban J connectivity index is 1.64. The van der Waals surface area contributed by atoms with Gasteiger partial charge in [0.05, 0.1) is 19.3 Å². The van der Waals surface area contributed by atoms with Crippen molar-refractivity contribution in [3.63, 3.8) is 0 Å². The zero-order valence-electron chi connectivity index (χ0n) is 18.8. The number of nitrogens with zero attached hydrogens (tertiary/aromatic N) is 4. The third-order valence-corrected chi connectivity index (χ3v) is 5.51. The highest BCUT2D eigenvalue weighted by Crippen LogP contribution is 2.18. The second-order valence-electron chi connectivity index (χ2n) is 8.28. The Kier molecular flexibility index (Phi) is 7.68. The number of aryl methyl sites for hydroxylation is 1. The van der Waals surface area contributed by atoms with Gasteiger partial charge in [0.25, 0.3) is 5.91 Å². The highest BCUT2D eigenvalue weighted by atomic mass is 16.3. The third kappa shape index (κ3) is 6.30. The van der Waals surface area contributed by atoms with Gasteiger partial charge in [0.15, 0.2) is 5.96 Å². The first-order valence-corrected chi connectivity index (χ1v) is 11.0. The van der Waals surface area contributed by atoms with Gasteiger partial charge in [-0.05, 0) is 50.8 Å². The first-order valence-electron chi connectivity index (χ1n) is 11.0. The molecule has 0 saturated carbocycles. The zero-order valence-corrected chi connectivity index (χ0v) is 18.8. The molecule has 1 aliphatic rings. The molecule has 3 N–H and O–H groups in total. The minimum atomic E-state index is -1.08. The first-order chi connectivity index (χ1) is 14.9. The fourth-order valence-corrected chi connectivity index (χ4v) is 3.65. The van der Waals surface area contributed by atoms with Crippen molar-refractivity contribution in [1.29, 1.82) is 0 Å². The molecule has 1 amide bonds. The third-order valence-electron chi connectivity index (χ3n) is 5.51. The molecule has 8 nitrogen and oxygen atoms in total. The molecule has 1 atom stereocenters. The number of amides is 1. The maximum atomic E-state index is 12.8. The Morgan fingerprint density at radius 1 is 1.26 bits per heavy atom. The molecule has 1 saturated heterocycles. The normalized spacial score (nSPS) is 16.6. The molecule has 31 heavy (non-hydrogen) atoms. The molecule has 168 valence electrons. The molecule has 2 aromatic rings. The van der Waals surface area contributed by atoms with E-state index in [2.05, 4.69) is 20.7 Å². The molecule has 1 aromatic heterocycles. The molecule has 1 unspecified atom stereocenters. The molecule has 0 radical (unpaired) electrons. The lowest BCUT2D eigenvalue weighted by atomic mass is 10.00. The fraction of sp³-hybridized carbons (Fsp3) is 0.522. The van der Waals surface area contributed by atoms with E-state index < -0.39 is 5.60 Å². The van der Waals surface area contributed by atoms with Gasteiger partial charge in [-0.2, -0.15) is 5.10 Å². The molecule has 1 aromatic carbocycles. The average molecular weight is 427 g/mol. The van der Waals surface area contributed by atoms with Crippen LogP contribution in [0, 0.1) is 0 Å². The van der Waals surface area contributed by atoms with Crippen LogP contribution >= 0.6 is 0 Å². The van der Waals surface area contributed by atoms with E-state index in [1.54, 1.807) is 24.0 Å². The number of likely N-dealkylation sites (tertiary alicyclic amines) is 1. The van der Waals surface area contributed by atoms with Crippen molar-refractivity contribution in [2.45, 2.75) is 45.3 Å². The highest BCUT2D eigenvalue weighted by Gasteiger charge is 2.25. The Morgan fingerprint density at radius 2 is 2.03 bits per heavy atom. The maximum Gasteiger partial charge on any atom is 0.253 e. The quantitative estimate of drug-likeness (QED) is 0.465. The molecule has 8 heteroatoms. The summed E-state index contributed by atoms with van der Waals surface area (Å²) in [7, 11) is 1.82. The van der Waals surface area contributed by atoms with E-state index in [-0.39, 0.29) is 12.5 Å². The van der Waals surface area contributed by atoms with E-state index in [4.69, 9.17) is 0 Å². The number of carbonyl (C=O) groups excluding carboxylic acids is 1. The Bertz CT molecular complexity index is 899. The van der Waals surface area contributed by atoms with Crippen LogP contribution in [0.25, 0.3) is 0 Å². The fourth-order valence-electron chi connectivity index (χ4n) is 3.65. The summed E-state index contributed by atoms with van der Waals surface area (Å²) in [4.78, 5) is 19.4. The van der Waals surface area contributed by atoms with E-state index in [1.807, 2.05) is 43.1 Å². The van der Waals surface area contributed by atoms with Crippen molar-refractivity contribution in [3.05, 3.63) is 53.3 Å². The van der Waals surface area contributed by atoms with Crippen LogP contribution in [0.15, 0.2) is 41.7 Å². The van der Waals surface area contributed by atoms with Gasteiger partial charge in [0.1, 0.15) is 5.60 Å². The van der Waals surface area contributed by atoms with E-state index in [1.165, 1.54) is 6.42 Å². The molecule has 0 aliphatic carbocycles. The number of carbonyl (C=O) groups is 1. The molecular formula is C23H34N6O2. The van der Waals surface area contributed by atoms with Crippen LogP contribution in [0.4, 0.5) is 0 Å².